The molecule has 1 aliphatic heterocycles. The Balaban J connectivity index is 1.36. The van der Waals surface area contributed by atoms with Crippen LogP contribution in [-0.2, 0) is 22.4 Å². The highest BCUT2D eigenvalue weighted by molar-refractivity contribution is 7.15. The van der Waals surface area contributed by atoms with E-state index < -0.39 is 5.92 Å². The molecule has 0 aliphatic carbocycles. The number of carbonyl (C=O) groups is 2. The quantitative estimate of drug-likeness (QED) is 0.410. The molecule has 2 aromatic carbocycles. The van der Waals surface area contributed by atoms with Gasteiger partial charge in [0.15, 0.2) is 0 Å². The van der Waals surface area contributed by atoms with Gasteiger partial charge in [0.05, 0.1) is 18.7 Å². The van der Waals surface area contributed by atoms with Crippen LogP contribution in [0.25, 0.3) is 16.2 Å². The van der Waals surface area contributed by atoms with E-state index in [0.717, 1.165) is 46.7 Å². The second-order valence-corrected chi connectivity index (χ2v) is 9.31. The topological polar surface area (TPSA) is 88.8 Å². The van der Waals surface area contributed by atoms with Gasteiger partial charge in [-0.3, -0.25) is 14.9 Å². The molecule has 0 spiro atoms. The van der Waals surface area contributed by atoms with Crippen LogP contribution in [0, 0.1) is 5.92 Å². The minimum absolute atomic E-state index is 0.0296. The summed E-state index contributed by atoms with van der Waals surface area (Å²) in [4.78, 5) is 33.0. The zero-order valence-electron chi connectivity index (χ0n) is 19.9. The number of hydrogen-bond donors (Lipinski definition) is 1. The highest BCUT2D eigenvalue weighted by Crippen LogP contribution is 2.34. The Hall–Kier alpha value is -3.72. The van der Waals surface area contributed by atoms with E-state index in [0.29, 0.717) is 11.5 Å². The SMILES string of the molecule is CCc1cccc(CC)c1N1CC(C(=O)Nc2nc3scc(-c4ccccc4OC)n3n2)CC1=O. The number of rotatable bonds is 7. The van der Waals surface area contributed by atoms with Crippen molar-refractivity contribution in [1.29, 1.82) is 0 Å². The van der Waals surface area contributed by atoms with Crippen LogP contribution in [0.4, 0.5) is 11.6 Å². The summed E-state index contributed by atoms with van der Waals surface area (Å²) in [6.07, 6.45) is 1.82. The molecule has 0 saturated carbocycles. The van der Waals surface area contributed by atoms with Gasteiger partial charge in [-0.25, -0.2) is 4.52 Å². The van der Waals surface area contributed by atoms with Crippen molar-refractivity contribution in [3.05, 3.63) is 59.0 Å². The lowest BCUT2D eigenvalue weighted by atomic mass is 10.0. The molecular weight excluding hydrogens is 462 g/mol. The Kier molecular flexibility index (Phi) is 6.25. The third-order valence-electron chi connectivity index (χ3n) is 6.43. The van der Waals surface area contributed by atoms with E-state index in [-0.39, 0.29) is 24.2 Å². The van der Waals surface area contributed by atoms with Gasteiger partial charge in [-0.1, -0.05) is 44.2 Å². The molecule has 0 bridgehead atoms. The average molecular weight is 490 g/mol. The first-order valence-electron chi connectivity index (χ1n) is 11.7. The number of amides is 2. The number of aromatic nitrogens is 3. The summed E-state index contributed by atoms with van der Waals surface area (Å²) in [6, 6.07) is 13.8. The lowest BCUT2D eigenvalue weighted by molar-refractivity contribution is -0.122. The largest absolute Gasteiger partial charge is 0.496 e. The number of para-hydroxylation sites is 2. The Morgan fingerprint density at radius 3 is 2.60 bits per heavy atom. The van der Waals surface area contributed by atoms with Crippen LogP contribution < -0.4 is 15.0 Å². The third-order valence-corrected chi connectivity index (χ3v) is 7.25. The van der Waals surface area contributed by atoms with Gasteiger partial charge in [-0.05, 0) is 36.1 Å². The van der Waals surface area contributed by atoms with Gasteiger partial charge < -0.3 is 9.64 Å². The van der Waals surface area contributed by atoms with Crippen molar-refractivity contribution in [3.63, 3.8) is 0 Å². The second kappa shape index (κ2) is 9.50. The number of nitrogens with one attached hydrogen (secondary N) is 1. The molecule has 4 aromatic rings. The van der Waals surface area contributed by atoms with E-state index >= 15 is 0 Å². The highest BCUT2D eigenvalue weighted by atomic mass is 32.1. The first kappa shape index (κ1) is 23.0. The van der Waals surface area contributed by atoms with Crippen LogP contribution in [0.5, 0.6) is 5.75 Å². The van der Waals surface area contributed by atoms with Crippen molar-refractivity contribution in [2.75, 3.05) is 23.9 Å². The minimum Gasteiger partial charge on any atom is -0.496 e. The van der Waals surface area contributed by atoms with Crippen LogP contribution in [0.3, 0.4) is 0 Å². The van der Waals surface area contributed by atoms with Crippen LogP contribution in [0.1, 0.15) is 31.4 Å². The first-order valence-corrected chi connectivity index (χ1v) is 12.6. The molecule has 180 valence electrons. The normalized spacial score (nSPS) is 15.7. The van der Waals surface area contributed by atoms with Gasteiger partial charge in [0.25, 0.3) is 0 Å². The molecule has 1 N–H and O–H groups in total. The number of carbonyl (C=O) groups excluding carboxylic acids is 2. The molecule has 0 radical (unpaired) electrons. The van der Waals surface area contributed by atoms with E-state index in [9.17, 15) is 9.59 Å². The van der Waals surface area contributed by atoms with Crippen LogP contribution in [-0.4, -0.2) is 40.1 Å². The summed E-state index contributed by atoms with van der Waals surface area (Å²) in [7, 11) is 1.63. The highest BCUT2D eigenvalue weighted by Gasteiger charge is 2.37. The molecule has 1 saturated heterocycles. The number of thiazole rings is 1. The Labute approximate surface area is 207 Å². The second-order valence-electron chi connectivity index (χ2n) is 8.48. The predicted octanol–water partition coefficient (Wildman–Crippen LogP) is 4.58. The van der Waals surface area contributed by atoms with E-state index in [4.69, 9.17) is 4.74 Å². The number of benzene rings is 2. The molecule has 1 aliphatic rings. The molecule has 1 atom stereocenters. The maximum absolute atomic E-state index is 13.1. The summed E-state index contributed by atoms with van der Waals surface area (Å²) in [5.74, 6) is 0.221. The van der Waals surface area contributed by atoms with Crippen molar-refractivity contribution in [2.24, 2.45) is 5.92 Å². The standard InChI is InChI=1S/C26H27N5O3S/c1-4-16-9-8-10-17(5-2)23(16)30-14-18(13-22(30)32)24(33)27-25-28-26-31(29-25)20(15-35-26)19-11-6-7-12-21(19)34-3/h6-12,15,18H,4-5,13-14H2,1-3H3,(H,27,29,33). The fourth-order valence-corrected chi connectivity index (χ4v) is 5.47. The summed E-state index contributed by atoms with van der Waals surface area (Å²) < 4.78 is 7.19. The molecule has 1 unspecified atom stereocenters. The number of aryl methyl sites for hydroxylation is 2. The van der Waals surface area contributed by atoms with Gasteiger partial charge in [0.1, 0.15) is 5.75 Å². The summed E-state index contributed by atoms with van der Waals surface area (Å²) in [5.41, 5.74) is 4.93. The molecule has 2 amide bonds. The predicted molar refractivity (Wildman–Crippen MR) is 137 cm³/mol. The number of hydrogen-bond acceptors (Lipinski definition) is 6. The van der Waals surface area contributed by atoms with E-state index in [1.807, 2.05) is 35.7 Å². The molecule has 5 rings (SSSR count). The minimum atomic E-state index is -0.465. The molecule has 3 heterocycles. The Morgan fingerprint density at radius 1 is 1.14 bits per heavy atom. The maximum Gasteiger partial charge on any atom is 0.250 e. The van der Waals surface area contributed by atoms with Gasteiger partial charge in [-0.2, -0.15) is 4.98 Å². The maximum atomic E-state index is 13.1. The molecule has 1 fully saturated rings. The number of nitrogens with zero attached hydrogens (tertiary/aromatic N) is 4. The third kappa shape index (κ3) is 4.16. The zero-order valence-corrected chi connectivity index (χ0v) is 20.8. The zero-order chi connectivity index (χ0) is 24.5. The number of ether oxygens (including phenoxy) is 1. The van der Waals surface area contributed by atoms with E-state index in [1.54, 1.807) is 16.5 Å². The molecular formula is C26H27N5O3S. The van der Waals surface area contributed by atoms with Gasteiger partial charge >= 0.3 is 0 Å². The fourth-order valence-electron chi connectivity index (χ4n) is 4.65. The lowest BCUT2D eigenvalue weighted by Crippen LogP contribution is -2.29. The number of anilines is 2. The molecule has 2 aromatic heterocycles. The van der Waals surface area contributed by atoms with Gasteiger partial charge in [0, 0.05) is 29.6 Å². The smallest absolute Gasteiger partial charge is 0.250 e. The van der Waals surface area contributed by atoms with E-state index in [1.165, 1.54) is 11.3 Å². The van der Waals surface area contributed by atoms with Crippen molar-refractivity contribution >= 4 is 39.7 Å². The van der Waals surface area contributed by atoms with Gasteiger partial charge in [0.2, 0.25) is 22.7 Å². The van der Waals surface area contributed by atoms with Crippen molar-refractivity contribution < 1.29 is 14.3 Å². The summed E-state index contributed by atoms with van der Waals surface area (Å²) in [6.45, 7) is 4.51. The van der Waals surface area contributed by atoms with Crippen LogP contribution in [0.15, 0.2) is 47.8 Å². The lowest BCUT2D eigenvalue weighted by Gasteiger charge is -2.23. The summed E-state index contributed by atoms with van der Waals surface area (Å²) in [5, 5.41) is 9.31. The molecule has 8 nitrogen and oxygen atoms in total. The number of methoxy groups -OCH3 is 1. The van der Waals surface area contributed by atoms with E-state index in [2.05, 4.69) is 41.4 Å². The average Bonchev–Trinajstić information content (AvgIpc) is 3.57. The summed E-state index contributed by atoms with van der Waals surface area (Å²) >= 11 is 1.43. The van der Waals surface area contributed by atoms with Crippen molar-refractivity contribution in [2.45, 2.75) is 33.1 Å². The Bertz CT molecular complexity index is 1390. The first-order chi connectivity index (χ1) is 17.0. The van der Waals surface area contributed by atoms with Crippen LogP contribution in [0.2, 0.25) is 0 Å². The van der Waals surface area contributed by atoms with Crippen molar-refractivity contribution in [3.8, 4) is 17.0 Å². The monoisotopic (exact) mass is 489 g/mol. The molecule has 35 heavy (non-hydrogen) atoms. The molecule has 9 heteroatoms. The van der Waals surface area contributed by atoms with Gasteiger partial charge in [-0.15, -0.1) is 16.4 Å². The van der Waals surface area contributed by atoms with Crippen molar-refractivity contribution in [1.82, 2.24) is 14.6 Å². The fraction of sp³-hybridized carbons (Fsp3) is 0.308. The number of fused-ring (bicyclic) bond motifs is 1. The Morgan fingerprint density at radius 2 is 1.89 bits per heavy atom. The van der Waals surface area contributed by atoms with Crippen LogP contribution >= 0.6 is 11.3 Å².